The molecule has 2 aromatic rings. The van der Waals surface area contributed by atoms with Crippen LogP contribution in [0, 0.1) is 0 Å². The fourth-order valence-corrected chi connectivity index (χ4v) is 3.71. The van der Waals surface area contributed by atoms with Crippen LogP contribution in [0.2, 0.25) is 0 Å². The summed E-state index contributed by atoms with van der Waals surface area (Å²) in [5, 5.41) is 2.87. The first-order chi connectivity index (χ1) is 13.7. The Labute approximate surface area is 167 Å². The number of aryl methyl sites for hydroxylation is 2. The lowest BCUT2D eigenvalue weighted by atomic mass is 10.1. The molecule has 1 aliphatic heterocycles. The van der Waals surface area contributed by atoms with Crippen molar-refractivity contribution in [3.8, 4) is 0 Å². The molecule has 0 bridgehead atoms. The van der Waals surface area contributed by atoms with E-state index in [1.165, 1.54) is 30.3 Å². The van der Waals surface area contributed by atoms with Gasteiger partial charge in [0, 0.05) is 59.9 Å². The number of likely N-dealkylation sites (N-methyl/N-ethyl adjacent to an activating group) is 1. The van der Waals surface area contributed by atoms with Gasteiger partial charge in [-0.2, -0.15) is 0 Å². The van der Waals surface area contributed by atoms with Crippen molar-refractivity contribution in [1.82, 2.24) is 28.8 Å². The van der Waals surface area contributed by atoms with Crippen LogP contribution in [-0.2, 0) is 21.1 Å². The van der Waals surface area contributed by atoms with Gasteiger partial charge in [0.15, 0.2) is 0 Å². The highest BCUT2D eigenvalue weighted by Gasteiger charge is 2.20. The summed E-state index contributed by atoms with van der Waals surface area (Å²) in [6, 6.07) is 1.16. The van der Waals surface area contributed by atoms with E-state index in [0.29, 0.717) is 6.54 Å². The average molecular weight is 404 g/mol. The number of hydrogen-bond donors (Lipinski definition) is 1. The molecule has 0 saturated carbocycles. The molecule has 1 saturated heterocycles. The maximum Gasteiger partial charge on any atom is 0.332 e. The molecule has 1 fully saturated rings. The molecule has 0 radical (unpaired) electrons. The quantitative estimate of drug-likeness (QED) is 0.597. The molecule has 1 aliphatic rings. The van der Waals surface area contributed by atoms with Crippen LogP contribution in [0.5, 0.6) is 0 Å². The lowest BCUT2D eigenvalue weighted by Crippen LogP contribution is -2.45. The van der Waals surface area contributed by atoms with Crippen molar-refractivity contribution < 1.29 is 4.79 Å². The highest BCUT2D eigenvalue weighted by molar-refractivity contribution is 6.05. The molecular formula is C19H28N6O4. The van der Waals surface area contributed by atoms with Crippen LogP contribution in [-0.4, -0.2) is 75.7 Å². The van der Waals surface area contributed by atoms with Gasteiger partial charge in [-0.15, -0.1) is 0 Å². The van der Waals surface area contributed by atoms with Gasteiger partial charge in [0.05, 0.1) is 10.9 Å². The maximum absolute atomic E-state index is 12.8. The second-order valence-electron chi connectivity index (χ2n) is 7.61. The largest absolute Gasteiger partial charge is 0.352 e. The fraction of sp³-hybridized carbons (Fsp3) is 0.579. The molecule has 0 spiro atoms. The van der Waals surface area contributed by atoms with Crippen LogP contribution >= 0.6 is 0 Å². The molecule has 0 aromatic carbocycles. The minimum Gasteiger partial charge on any atom is -0.352 e. The van der Waals surface area contributed by atoms with E-state index in [1.54, 1.807) is 0 Å². The van der Waals surface area contributed by atoms with Crippen molar-refractivity contribution in [2.75, 3.05) is 46.3 Å². The summed E-state index contributed by atoms with van der Waals surface area (Å²) in [7, 11) is 6.40. The van der Waals surface area contributed by atoms with Crippen molar-refractivity contribution >= 4 is 16.9 Å². The van der Waals surface area contributed by atoms with E-state index in [4.69, 9.17) is 0 Å². The number of piperazine rings is 1. The van der Waals surface area contributed by atoms with Crippen LogP contribution in [0.4, 0.5) is 0 Å². The number of fused-ring (bicyclic) bond motifs is 1. The molecule has 3 heterocycles. The van der Waals surface area contributed by atoms with Gasteiger partial charge in [-0.05, 0) is 20.0 Å². The minimum absolute atomic E-state index is 0.00102. The topological polar surface area (TPSA) is 102 Å². The summed E-state index contributed by atoms with van der Waals surface area (Å²) in [5.41, 5.74) is -1.47. The van der Waals surface area contributed by atoms with Gasteiger partial charge in [-0.3, -0.25) is 28.1 Å². The van der Waals surface area contributed by atoms with E-state index >= 15 is 0 Å². The zero-order chi connectivity index (χ0) is 21.3. The summed E-state index contributed by atoms with van der Waals surface area (Å²) < 4.78 is 3.36. The van der Waals surface area contributed by atoms with Gasteiger partial charge in [-0.1, -0.05) is 0 Å². The number of nitrogens with one attached hydrogen (secondary N) is 1. The third-order valence-corrected chi connectivity index (χ3v) is 5.60. The lowest BCUT2D eigenvalue weighted by Gasteiger charge is -2.32. The highest BCUT2D eigenvalue weighted by atomic mass is 16.2. The Balaban J connectivity index is 1.81. The first-order valence-corrected chi connectivity index (χ1v) is 9.71. The number of rotatable bonds is 5. The second kappa shape index (κ2) is 8.34. The highest BCUT2D eigenvalue weighted by Crippen LogP contribution is 2.10. The predicted octanol–water partition coefficient (Wildman–Crippen LogP) is -1.70. The first kappa shape index (κ1) is 21.0. The number of nitrogens with zero attached hydrogens (tertiary/aromatic N) is 5. The van der Waals surface area contributed by atoms with Gasteiger partial charge in [0.25, 0.3) is 17.0 Å². The van der Waals surface area contributed by atoms with E-state index in [2.05, 4.69) is 22.2 Å². The first-order valence-electron chi connectivity index (χ1n) is 9.71. The Morgan fingerprint density at radius 3 is 2.28 bits per heavy atom. The van der Waals surface area contributed by atoms with Crippen molar-refractivity contribution in [3.63, 3.8) is 0 Å². The minimum atomic E-state index is -0.596. The molecule has 0 aliphatic carbocycles. The van der Waals surface area contributed by atoms with Crippen molar-refractivity contribution in [2.45, 2.75) is 6.42 Å². The van der Waals surface area contributed by atoms with Crippen LogP contribution in [0.15, 0.2) is 20.4 Å². The zero-order valence-electron chi connectivity index (χ0n) is 17.4. The van der Waals surface area contributed by atoms with Crippen molar-refractivity contribution in [1.29, 1.82) is 0 Å². The molecule has 10 heteroatoms. The monoisotopic (exact) mass is 404 g/mol. The van der Waals surface area contributed by atoms with Gasteiger partial charge < -0.3 is 15.1 Å². The second-order valence-corrected chi connectivity index (χ2v) is 7.61. The average Bonchev–Trinajstić information content (AvgIpc) is 2.70. The predicted molar refractivity (Wildman–Crippen MR) is 111 cm³/mol. The van der Waals surface area contributed by atoms with Crippen LogP contribution in [0.3, 0.4) is 0 Å². The van der Waals surface area contributed by atoms with Gasteiger partial charge in [0.2, 0.25) is 0 Å². The summed E-state index contributed by atoms with van der Waals surface area (Å²) in [6.07, 6.45) is 0.773. The summed E-state index contributed by atoms with van der Waals surface area (Å²) in [4.78, 5) is 54.7. The smallest absolute Gasteiger partial charge is 0.332 e. The zero-order valence-corrected chi connectivity index (χ0v) is 17.4. The molecule has 0 unspecified atom stereocenters. The van der Waals surface area contributed by atoms with E-state index in [9.17, 15) is 19.2 Å². The number of pyridine rings is 1. The molecule has 0 atom stereocenters. The van der Waals surface area contributed by atoms with Crippen molar-refractivity contribution in [2.24, 2.45) is 21.1 Å². The maximum atomic E-state index is 12.8. The van der Waals surface area contributed by atoms with E-state index in [-0.39, 0.29) is 16.6 Å². The normalized spacial score (nSPS) is 15.7. The van der Waals surface area contributed by atoms with Gasteiger partial charge >= 0.3 is 5.69 Å². The Kier molecular flexibility index (Phi) is 6.04. The molecule has 2 aromatic heterocycles. The summed E-state index contributed by atoms with van der Waals surface area (Å²) >= 11 is 0. The molecule has 1 N–H and O–H groups in total. The lowest BCUT2D eigenvalue weighted by molar-refractivity contribution is 0.0950. The number of aromatic nitrogens is 3. The number of hydrogen-bond acceptors (Lipinski definition) is 6. The van der Waals surface area contributed by atoms with Crippen LogP contribution < -0.4 is 22.1 Å². The molecule has 29 heavy (non-hydrogen) atoms. The summed E-state index contributed by atoms with van der Waals surface area (Å²) in [5.74, 6) is -0.484. The number of carbonyl (C=O) groups is 1. The SMILES string of the molecule is CN1CCN(CCCNC(=O)c2cc(=O)n(C)c3c2c(=O)n(C)c(=O)n3C)CC1. The molecule has 1 amide bonds. The molecule has 10 nitrogen and oxygen atoms in total. The Bertz CT molecular complexity index is 1100. The van der Waals surface area contributed by atoms with E-state index < -0.39 is 22.7 Å². The van der Waals surface area contributed by atoms with Gasteiger partial charge in [-0.25, -0.2) is 4.79 Å². The van der Waals surface area contributed by atoms with Gasteiger partial charge in [0.1, 0.15) is 5.65 Å². The standard InChI is InChI=1S/C19H28N6O4/c1-21-8-10-25(11-9-21)7-5-6-20-16(27)13-12-14(26)22(2)17-15(13)18(28)24(4)19(29)23(17)3/h12H,5-11H2,1-4H3,(H,20,27). The molecule has 158 valence electrons. The fourth-order valence-electron chi connectivity index (χ4n) is 3.71. The van der Waals surface area contributed by atoms with E-state index in [0.717, 1.165) is 49.8 Å². The van der Waals surface area contributed by atoms with E-state index in [1.807, 2.05) is 0 Å². The Morgan fingerprint density at radius 2 is 1.62 bits per heavy atom. The third-order valence-electron chi connectivity index (χ3n) is 5.60. The number of amides is 1. The van der Waals surface area contributed by atoms with Crippen LogP contribution in [0.25, 0.3) is 11.0 Å². The third kappa shape index (κ3) is 4.03. The molecular weight excluding hydrogens is 376 g/mol. The summed E-state index contributed by atoms with van der Waals surface area (Å²) in [6.45, 7) is 5.40. The van der Waals surface area contributed by atoms with Crippen molar-refractivity contribution in [3.05, 3.63) is 42.8 Å². The Morgan fingerprint density at radius 1 is 0.966 bits per heavy atom. The molecule has 3 rings (SSSR count). The van der Waals surface area contributed by atoms with Crippen LogP contribution in [0.1, 0.15) is 16.8 Å². The number of carbonyl (C=O) groups excluding carboxylic acids is 1. The Hall–Kier alpha value is -2.72.